The standard InChI is InChI=1S/C6H16N2.C6H15NO3/c7-5-3-1-2-4-6-8;8-4-1-7(2-5-9)3-6-10/h1-8H2;8-10H,1-6H2. The molecule has 112 valence electrons. The molecule has 0 heterocycles. The van der Waals surface area contributed by atoms with E-state index in [1.54, 1.807) is 4.90 Å². The summed E-state index contributed by atoms with van der Waals surface area (Å²) in [4.78, 5) is 1.79. The third-order valence-electron chi connectivity index (χ3n) is 2.41. The van der Waals surface area contributed by atoms with Crippen LogP contribution in [0.3, 0.4) is 0 Å². The van der Waals surface area contributed by atoms with Crippen LogP contribution in [0.4, 0.5) is 0 Å². The van der Waals surface area contributed by atoms with Crippen LogP contribution < -0.4 is 11.5 Å². The normalized spacial score (nSPS) is 10.3. The average Bonchev–Trinajstić information content (AvgIpc) is 2.37. The summed E-state index contributed by atoms with van der Waals surface area (Å²) in [5.74, 6) is 0. The zero-order valence-corrected chi connectivity index (χ0v) is 11.4. The Morgan fingerprint density at radius 2 is 0.944 bits per heavy atom. The summed E-state index contributed by atoms with van der Waals surface area (Å²) < 4.78 is 0. The highest BCUT2D eigenvalue weighted by molar-refractivity contribution is 4.54. The maximum atomic E-state index is 8.48. The van der Waals surface area contributed by atoms with Crippen LogP contribution in [0.1, 0.15) is 25.7 Å². The van der Waals surface area contributed by atoms with Gasteiger partial charge in [-0.05, 0) is 25.9 Å². The second-order valence-corrected chi connectivity index (χ2v) is 4.00. The molecule has 0 aliphatic rings. The number of nitrogens with two attached hydrogens (primary N) is 2. The van der Waals surface area contributed by atoms with E-state index in [-0.39, 0.29) is 19.8 Å². The van der Waals surface area contributed by atoms with Gasteiger partial charge in [-0.15, -0.1) is 0 Å². The number of unbranched alkanes of at least 4 members (excludes halogenated alkanes) is 3. The summed E-state index contributed by atoms with van der Waals surface area (Å²) in [7, 11) is 0. The van der Waals surface area contributed by atoms with E-state index in [0.29, 0.717) is 19.6 Å². The van der Waals surface area contributed by atoms with E-state index in [4.69, 9.17) is 26.8 Å². The molecule has 18 heavy (non-hydrogen) atoms. The molecule has 6 heteroatoms. The van der Waals surface area contributed by atoms with Gasteiger partial charge in [0.1, 0.15) is 0 Å². The number of aliphatic hydroxyl groups is 3. The molecule has 6 nitrogen and oxygen atoms in total. The van der Waals surface area contributed by atoms with Crippen molar-refractivity contribution in [2.75, 3.05) is 52.5 Å². The molecular weight excluding hydrogens is 234 g/mol. The Kier molecular flexibility index (Phi) is 21.3. The first-order valence-corrected chi connectivity index (χ1v) is 6.71. The van der Waals surface area contributed by atoms with Crippen molar-refractivity contribution < 1.29 is 15.3 Å². The summed E-state index contributed by atoms with van der Waals surface area (Å²) in [5, 5.41) is 25.5. The Bertz CT molecular complexity index is 119. The molecule has 0 fully saturated rings. The van der Waals surface area contributed by atoms with Crippen LogP contribution in [0.5, 0.6) is 0 Å². The van der Waals surface area contributed by atoms with Gasteiger partial charge in [0, 0.05) is 19.6 Å². The molecule has 0 saturated heterocycles. The fraction of sp³-hybridized carbons (Fsp3) is 1.00. The van der Waals surface area contributed by atoms with Gasteiger partial charge in [-0.1, -0.05) is 12.8 Å². The first-order valence-electron chi connectivity index (χ1n) is 6.71. The minimum atomic E-state index is 0.0694. The van der Waals surface area contributed by atoms with Gasteiger partial charge in [0.05, 0.1) is 19.8 Å². The van der Waals surface area contributed by atoms with E-state index in [1.165, 1.54) is 12.8 Å². The average molecular weight is 265 g/mol. The van der Waals surface area contributed by atoms with Gasteiger partial charge >= 0.3 is 0 Å². The van der Waals surface area contributed by atoms with Gasteiger partial charge in [0.25, 0.3) is 0 Å². The molecule has 0 rings (SSSR count). The molecule has 7 N–H and O–H groups in total. The molecule has 0 aliphatic carbocycles. The second kappa shape index (κ2) is 19.1. The first kappa shape index (κ1) is 20.1. The van der Waals surface area contributed by atoms with Crippen molar-refractivity contribution in [2.45, 2.75) is 25.7 Å². The fourth-order valence-electron chi connectivity index (χ4n) is 1.40. The molecule has 0 atom stereocenters. The Labute approximate surface area is 111 Å². The lowest BCUT2D eigenvalue weighted by molar-refractivity contribution is 0.136. The maximum absolute atomic E-state index is 8.48. The van der Waals surface area contributed by atoms with E-state index >= 15 is 0 Å². The van der Waals surface area contributed by atoms with Crippen LogP contribution in [0.15, 0.2) is 0 Å². The highest BCUT2D eigenvalue weighted by atomic mass is 16.3. The van der Waals surface area contributed by atoms with Gasteiger partial charge in [-0.2, -0.15) is 0 Å². The molecule has 0 bridgehead atoms. The van der Waals surface area contributed by atoms with E-state index in [2.05, 4.69) is 0 Å². The Hall–Kier alpha value is -0.240. The molecular formula is C12H31N3O3. The minimum Gasteiger partial charge on any atom is -0.395 e. The SMILES string of the molecule is NCCCCCCN.OCCN(CCO)CCO. The van der Waals surface area contributed by atoms with Crippen LogP contribution in [-0.4, -0.2) is 72.8 Å². The van der Waals surface area contributed by atoms with Gasteiger partial charge in [-0.3, -0.25) is 4.90 Å². The summed E-state index contributed by atoms with van der Waals surface area (Å²) >= 11 is 0. The number of hydrogen-bond acceptors (Lipinski definition) is 6. The van der Waals surface area contributed by atoms with E-state index in [0.717, 1.165) is 25.9 Å². The minimum absolute atomic E-state index is 0.0694. The van der Waals surface area contributed by atoms with Crippen LogP contribution >= 0.6 is 0 Å². The highest BCUT2D eigenvalue weighted by Gasteiger charge is 2.00. The van der Waals surface area contributed by atoms with Crippen molar-refractivity contribution in [3.8, 4) is 0 Å². The molecule has 0 saturated carbocycles. The largest absolute Gasteiger partial charge is 0.395 e. The Morgan fingerprint density at radius 1 is 0.611 bits per heavy atom. The Balaban J connectivity index is 0. The van der Waals surface area contributed by atoms with Crippen molar-refractivity contribution in [3.05, 3.63) is 0 Å². The van der Waals surface area contributed by atoms with Crippen LogP contribution in [0.2, 0.25) is 0 Å². The molecule has 0 amide bonds. The van der Waals surface area contributed by atoms with E-state index < -0.39 is 0 Å². The van der Waals surface area contributed by atoms with Crippen LogP contribution in [0, 0.1) is 0 Å². The lowest BCUT2D eigenvalue weighted by Gasteiger charge is -2.17. The monoisotopic (exact) mass is 265 g/mol. The van der Waals surface area contributed by atoms with Crippen molar-refractivity contribution in [1.82, 2.24) is 4.90 Å². The zero-order chi connectivity index (χ0) is 14.1. The lowest BCUT2D eigenvalue weighted by atomic mass is 10.2. The fourth-order valence-corrected chi connectivity index (χ4v) is 1.40. The summed E-state index contributed by atoms with van der Waals surface area (Å²) in [6.45, 7) is 3.40. The molecule has 0 radical (unpaired) electrons. The van der Waals surface area contributed by atoms with E-state index in [1.807, 2.05) is 0 Å². The summed E-state index contributed by atoms with van der Waals surface area (Å²) in [6.07, 6.45) is 4.79. The second-order valence-electron chi connectivity index (χ2n) is 4.00. The van der Waals surface area contributed by atoms with Crippen LogP contribution in [0.25, 0.3) is 0 Å². The summed E-state index contributed by atoms with van der Waals surface area (Å²) in [6, 6.07) is 0. The lowest BCUT2D eigenvalue weighted by Crippen LogP contribution is -2.32. The van der Waals surface area contributed by atoms with Gasteiger partial charge in [-0.25, -0.2) is 0 Å². The summed E-state index contributed by atoms with van der Waals surface area (Å²) in [5.41, 5.74) is 10.6. The number of nitrogens with zero attached hydrogens (tertiary/aromatic N) is 1. The third-order valence-corrected chi connectivity index (χ3v) is 2.41. The molecule has 0 aliphatic heterocycles. The smallest absolute Gasteiger partial charge is 0.0558 e. The van der Waals surface area contributed by atoms with Gasteiger partial charge in [0.2, 0.25) is 0 Å². The van der Waals surface area contributed by atoms with Crippen molar-refractivity contribution in [2.24, 2.45) is 11.5 Å². The third kappa shape index (κ3) is 18.1. The molecule has 0 aromatic carbocycles. The number of rotatable bonds is 11. The zero-order valence-electron chi connectivity index (χ0n) is 11.4. The predicted molar refractivity (Wildman–Crippen MR) is 74.3 cm³/mol. The van der Waals surface area contributed by atoms with Gasteiger partial charge in [0.15, 0.2) is 0 Å². The van der Waals surface area contributed by atoms with Gasteiger partial charge < -0.3 is 26.8 Å². The first-order chi connectivity index (χ1) is 8.76. The highest BCUT2D eigenvalue weighted by Crippen LogP contribution is 1.95. The Morgan fingerprint density at radius 3 is 1.17 bits per heavy atom. The topological polar surface area (TPSA) is 116 Å². The van der Waals surface area contributed by atoms with Crippen LogP contribution in [-0.2, 0) is 0 Å². The van der Waals surface area contributed by atoms with Crippen molar-refractivity contribution >= 4 is 0 Å². The molecule has 0 unspecified atom stereocenters. The van der Waals surface area contributed by atoms with Crippen molar-refractivity contribution in [1.29, 1.82) is 0 Å². The molecule has 0 spiro atoms. The molecule has 0 aromatic rings. The van der Waals surface area contributed by atoms with E-state index in [9.17, 15) is 0 Å². The maximum Gasteiger partial charge on any atom is 0.0558 e. The number of hydrogen-bond donors (Lipinski definition) is 5. The predicted octanol–water partition coefficient (Wildman–Crippen LogP) is -1.27. The molecule has 0 aromatic heterocycles. The number of aliphatic hydroxyl groups excluding tert-OH is 3. The quantitative estimate of drug-likeness (QED) is 0.297. The van der Waals surface area contributed by atoms with Crippen molar-refractivity contribution in [3.63, 3.8) is 0 Å².